The van der Waals surface area contributed by atoms with Crippen LogP contribution in [0.3, 0.4) is 0 Å². The predicted octanol–water partition coefficient (Wildman–Crippen LogP) is 3.73. The highest BCUT2D eigenvalue weighted by Crippen LogP contribution is 2.30. The van der Waals surface area contributed by atoms with Crippen LogP contribution in [0.2, 0.25) is 0 Å². The summed E-state index contributed by atoms with van der Waals surface area (Å²) in [5.74, 6) is -0.886. The number of hydrogen-bond acceptors (Lipinski definition) is 2. The SMILES string of the molecule is CC(C)(CO)CCCNCc1cc(F)cc(C(F)(F)F)c1. The second-order valence-electron chi connectivity index (χ2n) is 5.95. The van der Waals surface area contributed by atoms with E-state index in [-0.39, 0.29) is 24.1 Å². The molecule has 1 aromatic rings. The second kappa shape index (κ2) is 7.22. The number of aliphatic hydroxyl groups is 1. The predicted molar refractivity (Wildman–Crippen MR) is 73.2 cm³/mol. The van der Waals surface area contributed by atoms with Crippen LogP contribution >= 0.6 is 0 Å². The minimum Gasteiger partial charge on any atom is -0.396 e. The summed E-state index contributed by atoms with van der Waals surface area (Å²) < 4.78 is 50.8. The molecular formula is C15H21F4NO. The highest BCUT2D eigenvalue weighted by atomic mass is 19.4. The number of benzene rings is 1. The molecule has 0 radical (unpaired) electrons. The Morgan fingerprint density at radius 2 is 1.81 bits per heavy atom. The minimum absolute atomic E-state index is 0.0891. The molecule has 0 saturated heterocycles. The average Bonchev–Trinajstić information content (AvgIpc) is 2.36. The zero-order chi connectivity index (χ0) is 16.1. The van der Waals surface area contributed by atoms with Crippen LogP contribution in [0.5, 0.6) is 0 Å². The van der Waals surface area contributed by atoms with E-state index in [0.717, 1.165) is 25.0 Å². The van der Waals surface area contributed by atoms with Gasteiger partial charge in [-0.3, -0.25) is 0 Å². The Kier molecular flexibility index (Phi) is 6.16. The van der Waals surface area contributed by atoms with Crippen molar-refractivity contribution in [2.75, 3.05) is 13.2 Å². The first kappa shape index (κ1) is 17.9. The van der Waals surface area contributed by atoms with Crippen molar-refractivity contribution in [2.24, 2.45) is 5.41 Å². The maximum Gasteiger partial charge on any atom is 0.416 e. The molecule has 0 fully saturated rings. The molecule has 0 spiro atoms. The summed E-state index contributed by atoms with van der Waals surface area (Å²) >= 11 is 0. The Morgan fingerprint density at radius 1 is 1.14 bits per heavy atom. The lowest BCUT2D eigenvalue weighted by molar-refractivity contribution is -0.137. The molecule has 2 nitrogen and oxygen atoms in total. The molecule has 0 aliphatic rings. The van der Waals surface area contributed by atoms with E-state index in [2.05, 4.69) is 5.32 Å². The van der Waals surface area contributed by atoms with Crippen LogP contribution in [0, 0.1) is 11.2 Å². The number of halogens is 4. The van der Waals surface area contributed by atoms with Gasteiger partial charge in [0.2, 0.25) is 0 Å². The number of hydrogen-bond donors (Lipinski definition) is 2. The summed E-state index contributed by atoms with van der Waals surface area (Å²) in [4.78, 5) is 0. The van der Waals surface area contributed by atoms with E-state index in [1.54, 1.807) is 0 Å². The molecule has 0 atom stereocenters. The van der Waals surface area contributed by atoms with Gasteiger partial charge in [-0.25, -0.2) is 4.39 Å². The zero-order valence-electron chi connectivity index (χ0n) is 12.2. The third-order valence-electron chi connectivity index (χ3n) is 3.25. The van der Waals surface area contributed by atoms with Crippen LogP contribution in [0.4, 0.5) is 17.6 Å². The lowest BCUT2D eigenvalue weighted by Gasteiger charge is -2.21. The summed E-state index contributed by atoms with van der Waals surface area (Å²) in [5.41, 5.74) is -0.867. The standard InChI is InChI=1S/C15H21F4NO/c1-14(2,10-21)4-3-5-20-9-11-6-12(15(17,18)19)8-13(16)7-11/h6-8,20-21H,3-5,9-10H2,1-2H3. The number of alkyl halides is 3. The Hall–Kier alpha value is -1.14. The van der Waals surface area contributed by atoms with Gasteiger partial charge in [-0.15, -0.1) is 0 Å². The van der Waals surface area contributed by atoms with Crippen LogP contribution in [0.25, 0.3) is 0 Å². The van der Waals surface area contributed by atoms with E-state index in [1.807, 2.05) is 13.8 Å². The molecular weight excluding hydrogens is 286 g/mol. The fourth-order valence-corrected chi connectivity index (χ4v) is 1.92. The largest absolute Gasteiger partial charge is 0.416 e. The van der Waals surface area contributed by atoms with E-state index < -0.39 is 17.6 Å². The van der Waals surface area contributed by atoms with Gasteiger partial charge in [0, 0.05) is 13.2 Å². The molecule has 0 saturated carbocycles. The number of nitrogens with one attached hydrogen (secondary N) is 1. The van der Waals surface area contributed by atoms with Crippen molar-refractivity contribution in [1.29, 1.82) is 0 Å². The summed E-state index contributed by atoms with van der Waals surface area (Å²) in [6.45, 7) is 4.75. The van der Waals surface area contributed by atoms with Gasteiger partial charge in [0.25, 0.3) is 0 Å². The number of rotatable bonds is 7. The molecule has 21 heavy (non-hydrogen) atoms. The summed E-state index contributed by atoms with van der Waals surface area (Å²) in [6, 6.07) is 2.54. The van der Waals surface area contributed by atoms with Crippen molar-refractivity contribution in [3.8, 4) is 0 Å². The highest BCUT2D eigenvalue weighted by molar-refractivity contribution is 5.26. The Labute approximate surface area is 122 Å². The Balaban J connectivity index is 2.48. The van der Waals surface area contributed by atoms with Crippen LogP contribution in [0.15, 0.2) is 18.2 Å². The lowest BCUT2D eigenvalue weighted by atomic mass is 9.89. The van der Waals surface area contributed by atoms with Gasteiger partial charge in [-0.2, -0.15) is 13.2 Å². The first-order chi connectivity index (χ1) is 9.64. The molecule has 0 aliphatic carbocycles. The van der Waals surface area contributed by atoms with E-state index >= 15 is 0 Å². The minimum atomic E-state index is -4.54. The third-order valence-corrected chi connectivity index (χ3v) is 3.25. The zero-order valence-corrected chi connectivity index (χ0v) is 12.2. The van der Waals surface area contributed by atoms with E-state index in [1.165, 1.54) is 0 Å². The molecule has 120 valence electrons. The van der Waals surface area contributed by atoms with Gasteiger partial charge < -0.3 is 10.4 Å². The molecule has 1 aromatic carbocycles. The van der Waals surface area contributed by atoms with Crippen molar-refractivity contribution in [3.63, 3.8) is 0 Å². The first-order valence-electron chi connectivity index (χ1n) is 6.82. The summed E-state index contributed by atoms with van der Waals surface area (Å²) in [6.07, 6.45) is -2.95. The molecule has 0 aliphatic heterocycles. The van der Waals surface area contributed by atoms with Gasteiger partial charge in [-0.1, -0.05) is 13.8 Å². The smallest absolute Gasteiger partial charge is 0.396 e. The average molecular weight is 307 g/mol. The molecule has 0 bridgehead atoms. The topological polar surface area (TPSA) is 32.3 Å². The third kappa shape index (κ3) is 6.44. The van der Waals surface area contributed by atoms with Gasteiger partial charge in [0.15, 0.2) is 0 Å². The van der Waals surface area contributed by atoms with Crippen LogP contribution in [-0.4, -0.2) is 18.3 Å². The Bertz CT molecular complexity index is 457. The molecule has 6 heteroatoms. The quantitative estimate of drug-likeness (QED) is 0.594. The van der Waals surface area contributed by atoms with Gasteiger partial charge in [0.1, 0.15) is 5.82 Å². The fraction of sp³-hybridized carbons (Fsp3) is 0.600. The molecule has 2 N–H and O–H groups in total. The highest BCUT2D eigenvalue weighted by Gasteiger charge is 2.31. The Morgan fingerprint density at radius 3 is 2.38 bits per heavy atom. The van der Waals surface area contributed by atoms with Crippen molar-refractivity contribution >= 4 is 0 Å². The van der Waals surface area contributed by atoms with Crippen molar-refractivity contribution in [3.05, 3.63) is 35.1 Å². The van der Waals surface area contributed by atoms with Gasteiger partial charge >= 0.3 is 6.18 Å². The monoisotopic (exact) mass is 307 g/mol. The van der Waals surface area contributed by atoms with Crippen LogP contribution in [-0.2, 0) is 12.7 Å². The van der Waals surface area contributed by atoms with Crippen LogP contribution in [0.1, 0.15) is 37.8 Å². The maximum absolute atomic E-state index is 13.2. The van der Waals surface area contributed by atoms with Crippen molar-refractivity contribution in [1.82, 2.24) is 5.32 Å². The normalized spacial score (nSPS) is 12.7. The van der Waals surface area contributed by atoms with Crippen LogP contribution < -0.4 is 5.32 Å². The van der Waals surface area contributed by atoms with E-state index in [4.69, 9.17) is 5.11 Å². The number of aliphatic hydroxyl groups excluding tert-OH is 1. The van der Waals surface area contributed by atoms with Gasteiger partial charge in [-0.05, 0) is 48.6 Å². The molecule has 0 aromatic heterocycles. The van der Waals surface area contributed by atoms with Crippen molar-refractivity contribution < 1.29 is 22.7 Å². The summed E-state index contributed by atoms with van der Waals surface area (Å²) in [7, 11) is 0. The molecule has 0 unspecified atom stereocenters. The molecule has 0 amide bonds. The maximum atomic E-state index is 13.2. The second-order valence-corrected chi connectivity index (χ2v) is 5.95. The molecule has 0 heterocycles. The van der Waals surface area contributed by atoms with Crippen molar-refractivity contribution in [2.45, 2.75) is 39.4 Å². The lowest BCUT2D eigenvalue weighted by Crippen LogP contribution is -2.21. The fourth-order valence-electron chi connectivity index (χ4n) is 1.92. The molecule has 1 rings (SSSR count). The van der Waals surface area contributed by atoms with E-state index in [9.17, 15) is 17.6 Å². The van der Waals surface area contributed by atoms with E-state index in [0.29, 0.717) is 12.6 Å². The summed E-state index contributed by atoms with van der Waals surface area (Å²) in [5, 5.41) is 12.1. The first-order valence-corrected chi connectivity index (χ1v) is 6.82. The van der Waals surface area contributed by atoms with Gasteiger partial charge in [0.05, 0.1) is 5.56 Å².